The van der Waals surface area contributed by atoms with Crippen molar-refractivity contribution in [3.63, 3.8) is 0 Å². The molecule has 0 spiro atoms. The van der Waals surface area contributed by atoms with E-state index in [4.69, 9.17) is 0 Å². The minimum atomic E-state index is -1.60. The number of aromatic nitrogens is 1. The van der Waals surface area contributed by atoms with Crippen LogP contribution in [0.5, 0.6) is 0 Å². The van der Waals surface area contributed by atoms with Crippen LogP contribution in [0.3, 0.4) is 0 Å². The van der Waals surface area contributed by atoms with Crippen LogP contribution in [-0.2, 0) is 0 Å². The van der Waals surface area contributed by atoms with Crippen molar-refractivity contribution >= 4 is 5.69 Å². The predicted octanol–water partition coefficient (Wildman–Crippen LogP) is 3.51. The van der Waals surface area contributed by atoms with Crippen molar-refractivity contribution in [1.29, 1.82) is 0 Å². The number of nitrogens with zero attached hydrogens (tertiary/aromatic N) is 2. The molecule has 6 heteroatoms. The molecule has 1 fully saturated rings. The molecule has 0 radical (unpaired) electrons. The summed E-state index contributed by atoms with van der Waals surface area (Å²) in [6, 6.07) is -0.193. The molecule has 2 nitrogen and oxygen atoms in total. The first kappa shape index (κ1) is 14.1. The summed E-state index contributed by atoms with van der Waals surface area (Å²) < 4.78 is 53.9. The second-order valence-corrected chi connectivity index (χ2v) is 5.38. The zero-order valence-electron chi connectivity index (χ0n) is 11.1. The van der Waals surface area contributed by atoms with Crippen molar-refractivity contribution < 1.29 is 17.6 Å². The first-order valence-electron chi connectivity index (χ1n) is 6.29. The maximum absolute atomic E-state index is 13.8. The molecule has 1 aliphatic rings. The van der Waals surface area contributed by atoms with E-state index in [0.29, 0.717) is 6.54 Å². The zero-order chi connectivity index (χ0) is 14.3. The van der Waals surface area contributed by atoms with Crippen molar-refractivity contribution in [3.8, 4) is 0 Å². The standard InChI is InChI=1S/C13H16F4N2/c1-6-4-7(2)8(3)19(5-6)11-9(14)12(16)18-13(17)10(11)15/h6-8H,4-5H2,1-3H3. The molecule has 0 bridgehead atoms. The Morgan fingerprint density at radius 3 is 2.05 bits per heavy atom. The van der Waals surface area contributed by atoms with Gasteiger partial charge in [-0.25, -0.2) is 0 Å². The Balaban J connectivity index is 2.51. The molecule has 19 heavy (non-hydrogen) atoms. The van der Waals surface area contributed by atoms with Crippen molar-refractivity contribution in [2.75, 3.05) is 11.4 Å². The normalized spacial score (nSPS) is 27.7. The van der Waals surface area contributed by atoms with Gasteiger partial charge in [0.1, 0.15) is 5.69 Å². The summed E-state index contributed by atoms with van der Waals surface area (Å²) in [5.41, 5.74) is -0.643. The molecule has 0 aromatic carbocycles. The third-order valence-corrected chi connectivity index (χ3v) is 3.86. The van der Waals surface area contributed by atoms with Crippen LogP contribution in [0.25, 0.3) is 0 Å². The first-order chi connectivity index (χ1) is 8.82. The molecule has 1 aromatic rings. The minimum absolute atomic E-state index is 0.182. The largest absolute Gasteiger partial charge is 0.363 e. The number of rotatable bonds is 1. The molecule has 1 saturated heterocycles. The fraction of sp³-hybridized carbons (Fsp3) is 0.615. The third-order valence-electron chi connectivity index (χ3n) is 3.86. The summed E-state index contributed by atoms with van der Waals surface area (Å²) in [4.78, 5) is 3.98. The van der Waals surface area contributed by atoms with Gasteiger partial charge in [0, 0.05) is 12.6 Å². The van der Waals surface area contributed by atoms with Crippen LogP contribution >= 0.6 is 0 Å². The second-order valence-electron chi connectivity index (χ2n) is 5.38. The van der Waals surface area contributed by atoms with Gasteiger partial charge >= 0.3 is 0 Å². The fourth-order valence-corrected chi connectivity index (χ4v) is 2.74. The summed E-state index contributed by atoms with van der Waals surface area (Å²) in [5, 5.41) is 0. The molecule has 1 aliphatic heterocycles. The lowest BCUT2D eigenvalue weighted by atomic mass is 9.85. The van der Waals surface area contributed by atoms with E-state index in [-0.39, 0.29) is 17.9 Å². The van der Waals surface area contributed by atoms with Gasteiger partial charge in [-0.05, 0) is 25.2 Å². The van der Waals surface area contributed by atoms with Gasteiger partial charge in [-0.15, -0.1) is 0 Å². The number of piperidine rings is 1. The topological polar surface area (TPSA) is 16.1 Å². The second kappa shape index (κ2) is 4.98. The Morgan fingerprint density at radius 1 is 1.00 bits per heavy atom. The van der Waals surface area contributed by atoms with Crippen molar-refractivity contribution in [3.05, 3.63) is 23.5 Å². The van der Waals surface area contributed by atoms with E-state index >= 15 is 0 Å². The van der Waals surface area contributed by atoms with E-state index in [1.807, 2.05) is 13.8 Å². The van der Waals surface area contributed by atoms with E-state index in [9.17, 15) is 17.6 Å². The average Bonchev–Trinajstić information content (AvgIpc) is 2.33. The molecule has 0 amide bonds. The van der Waals surface area contributed by atoms with Crippen molar-refractivity contribution in [1.82, 2.24) is 4.98 Å². The van der Waals surface area contributed by atoms with Gasteiger partial charge in [0.05, 0.1) is 0 Å². The Kier molecular flexibility index (Phi) is 3.69. The number of anilines is 1. The molecule has 106 valence electrons. The molecule has 0 saturated carbocycles. The monoisotopic (exact) mass is 276 g/mol. The molecule has 1 aromatic heterocycles. The highest BCUT2D eigenvalue weighted by molar-refractivity contribution is 5.50. The number of hydrogen-bond acceptors (Lipinski definition) is 2. The van der Waals surface area contributed by atoms with E-state index in [0.717, 1.165) is 6.42 Å². The molecular weight excluding hydrogens is 260 g/mol. The molecule has 0 N–H and O–H groups in total. The molecule has 3 unspecified atom stereocenters. The summed E-state index contributed by atoms with van der Waals surface area (Å²) in [6.07, 6.45) is 0.914. The lowest BCUT2D eigenvalue weighted by Crippen LogP contribution is -2.47. The smallest absolute Gasteiger partial charge is 0.253 e. The third kappa shape index (κ3) is 2.40. The van der Waals surface area contributed by atoms with Crippen molar-refractivity contribution in [2.24, 2.45) is 11.8 Å². The summed E-state index contributed by atoms with van der Waals surface area (Å²) in [6.45, 7) is 6.06. The maximum atomic E-state index is 13.8. The van der Waals surface area contributed by atoms with Gasteiger partial charge in [-0.1, -0.05) is 13.8 Å². The van der Waals surface area contributed by atoms with Crippen LogP contribution < -0.4 is 4.90 Å². The summed E-state index contributed by atoms with van der Waals surface area (Å²) in [5.74, 6) is -5.68. The van der Waals surface area contributed by atoms with Gasteiger partial charge in [-0.3, -0.25) is 0 Å². The van der Waals surface area contributed by atoms with E-state index in [1.165, 1.54) is 4.90 Å². The SMILES string of the molecule is CC1CC(C)C(C)N(c2c(F)c(F)nc(F)c2F)C1. The number of halogens is 4. The van der Waals surface area contributed by atoms with Gasteiger partial charge in [-0.2, -0.15) is 22.5 Å². The Bertz CT molecular complexity index is 466. The highest BCUT2D eigenvalue weighted by atomic mass is 19.2. The minimum Gasteiger partial charge on any atom is -0.363 e. The zero-order valence-corrected chi connectivity index (χ0v) is 11.1. The van der Waals surface area contributed by atoms with E-state index in [1.54, 1.807) is 6.92 Å². The van der Waals surface area contributed by atoms with Gasteiger partial charge in [0.15, 0.2) is 0 Å². The molecule has 2 heterocycles. The van der Waals surface area contributed by atoms with Crippen LogP contribution in [0.15, 0.2) is 0 Å². The highest BCUT2D eigenvalue weighted by Crippen LogP contribution is 2.35. The lowest BCUT2D eigenvalue weighted by Gasteiger charge is -2.42. The van der Waals surface area contributed by atoms with Crippen LogP contribution in [0.2, 0.25) is 0 Å². The van der Waals surface area contributed by atoms with Gasteiger partial charge in [0.2, 0.25) is 11.6 Å². The summed E-state index contributed by atoms with van der Waals surface area (Å²) >= 11 is 0. The quantitative estimate of drug-likeness (QED) is 0.576. The average molecular weight is 276 g/mol. The van der Waals surface area contributed by atoms with Gasteiger partial charge in [0.25, 0.3) is 11.9 Å². The first-order valence-corrected chi connectivity index (χ1v) is 6.29. The predicted molar refractivity (Wildman–Crippen MR) is 63.8 cm³/mol. The molecular formula is C13H16F4N2. The Labute approximate surface area is 109 Å². The Morgan fingerprint density at radius 2 is 1.53 bits per heavy atom. The molecule has 3 atom stereocenters. The van der Waals surface area contributed by atoms with Crippen LogP contribution in [0.4, 0.5) is 23.2 Å². The van der Waals surface area contributed by atoms with Gasteiger partial charge < -0.3 is 4.90 Å². The fourth-order valence-electron chi connectivity index (χ4n) is 2.74. The number of hydrogen-bond donors (Lipinski definition) is 0. The number of pyridine rings is 1. The molecule has 2 rings (SSSR count). The van der Waals surface area contributed by atoms with Crippen molar-refractivity contribution in [2.45, 2.75) is 33.2 Å². The van der Waals surface area contributed by atoms with E-state index in [2.05, 4.69) is 4.98 Å². The maximum Gasteiger partial charge on any atom is 0.253 e. The van der Waals surface area contributed by atoms with Crippen LogP contribution in [0, 0.1) is 35.4 Å². The molecule has 0 aliphatic carbocycles. The van der Waals surface area contributed by atoms with Crippen LogP contribution in [-0.4, -0.2) is 17.6 Å². The van der Waals surface area contributed by atoms with Crippen LogP contribution in [0.1, 0.15) is 27.2 Å². The Hall–Kier alpha value is -1.33. The lowest BCUT2D eigenvalue weighted by molar-refractivity contribution is 0.289. The summed E-state index contributed by atoms with van der Waals surface area (Å²) in [7, 11) is 0. The van der Waals surface area contributed by atoms with E-state index < -0.39 is 29.2 Å². The highest BCUT2D eigenvalue weighted by Gasteiger charge is 2.34.